The first kappa shape index (κ1) is 20.9. The largest absolute Gasteiger partial charge is 0.493 e. The van der Waals surface area contributed by atoms with Gasteiger partial charge in [-0.2, -0.15) is 0 Å². The summed E-state index contributed by atoms with van der Waals surface area (Å²) in [4.78, 5) is 46.7. The quantitative estimate of drug-likeness (QED) is 0.525. The van der Waals surface area contributed by atoms with E-state index in [4.69, 9.17) is 14.2 Å². The van der Waals surface area contributed by atoms with Gasteiger partial charge in [0.25, 0.3) is 5.91 Å². The third kappa shape index (κ3) is 5.47. The molecule has 0 fully saturated rings. The van der Waals surface area contributed by atoms with Crippen molar-refractivity contribution >= 4 is 24.2 Å². The molecule has 0 heterocycles. The minimum atomic E-state index is -0.958. The van der Waals surface area contributed by atoms with Gasteiger partial charge in [0.2, 0.25) is 0 Å². The Morgan fingerprint density at radius 3 is 2.42 bits per heavy atom. The second-order valence-corrected chi connectivity index (χ2v) is 5.29. The standard InChI is InChI=1S/C17H22N2O7/c1-5-10(2)18-17(23)19-13(21)9-26-16(22)14-11(8-20)6-7-12(24-3)15(14)25-4/h6-8,10H,5,9H2,1-4H3,(H2,18,19,21,23)/t10-/m1/s1. The van der Waals surface area contributed by atoms with Crippen LogP contribution in [0.25, 0.3) is 0 Å². The number of methoxy groups -OCH3 is 2. The predicted molar refractivity (Wildman–Crippen MR) is 91.6 cm³/mol. The molecule has 1 atom stereocenters. The minimum Gasteiger partial charge on any atom is -0.493 e. The Labute approximate surface area is 151 Å². The number of hydrogen-bond donors (Lipinski definition) is 2. The minimum absolute atomic E-state index is 0.0111. The Morgan fingerprint density at radius 2 is 1.88 bits per heavy atom. The van der Waals surface area contributed by atoms with Crippen LogP contribution in [0.15, 0.2) is 12.1 Å². The predicted octanol–water partition coefficient (Wildman–Crippen LogP) is 1.30. The maximum Gasteiger partial charge on any atom is 0.343 e. The summed E-state index contributed by atoms with van der Waals surface area (Å²) in [6.07, 6.45) is 1.15. The average molecular weight is 366 g/mol. The third-order valence-electron chi connectivity index (χ3n) is 3.49. The second-order valence-electron chi connectivity index (χ2n) is 5.29. The topological polar surface area (TPSA) is 120 Å². The van der Waals surface area contributed by atoms with Gasteiger partial charge in [-0.25, -0.2) is 9.59 Å². The van der Waals surface area contributed by atoms with Gasteiger partial charge in [0.1, 0.15) is 5.56 Å². The van der Waals surface area contributed by atoms with Crippen molar-refractivity contribution in [2.45, 2.75) is 26.3 Å². The van der Waals surface area contributed by atoms with Crippen LogP contribution in [0.2, 0.25) is 0 Å². The van der Waals surface area contributed by atoms with E-state index in [1.165, 1.54) is 26.4 Å². The van der Waals surface area contributed by atoms with E-state index in [-0.39, 0.29) is 28.7 Å². The highest BCUT2D eigenvalue weighted by molar-refractivity contribution is 6.03. The molecule has 0 aromatic heterocycles. The molecule has 0 saturated heterocycles. The molecule has 1 rings (SSSR count). The molecule has 0 unspecified atom stereocenters. The molecular weight excluding hydrogens is 344 g/mol. The molecule has 0 aliphatic heterocycles. The molecule has 0 aliphatic rings. The van der Waals surface area contributed by atoms with E-state index in [1.807, 2.05) is 12.2 Å². The molecule has 0 aliphatic carbocycles. The number of imide groups is 1. The van der Waals surface area contributed by atoms with Crippen molar-refractivity contribution < 1.29 is 33.4 Å². The van der Waals surface area contributed by atoms with Crippen molar-refractivity contribution in [2.24, 2.45) is 0 Å². The Morgan fingerprint density at radius 1 is 1.19 bits per heavy atom. The summed E-state index contributed by atoms with van der Waals surface area (Å²) in [5, 5.41) is 4.58. The lowest BCUT2D eigenvalue weighted by molar-refractivity contribution is -0.123. The Bertz CT molecular complexity index is 688. The lowest BCUT2D eigenvalue weighted by atomic mass is 10.1. The van der Waals surface area contributed by atoms with E-state index in [0.29, 0.717) is 12.7 Å². The fourth-order valence-corrected chi connectivity index (χ4v) is 1.98. The number of esters is 1. The summed E-state index contributed by atoms with van der Waals surface area (Å²) in [5.74, 6) is -1.53. The molecule has 3 amide bonds. The summed E-state index contributed by atoms with van der Waals surface area (Å²) >= 11 is 0. The smallest absolute Gasteiger partial charge is 0.343 e. The van der Waals surface area contributed by atoms with Gasteiger partial charge in [0.15, 0.2) is 24.4 Å². The van der Waals surface area contributed by atoms with Crippen LogP contribution in [-0.4, -0.2) is 51.1 Å². The van der Waals surface area contributed by atoms with E-state index in [2.05, 4.69) is 5.32 Å². The molecule has 1 aromatic carbocycles. The second kappa shape index (κ2) is 10.0. The Hall–Kier alpha value is -3.10. The fraction of sp³-hybridized carbons (Fsp3) is 0.412. The number of ether oxygens (including phenoxy) is 3. The number of benzene rings is 1. The van der Waals surface area contributed by atoms with Crippen molar-refractivity contribution in [2.75, 3.05) is 20.8 Å². The van der Waals surface area contributed by atoms with E-state index < -0.39 is 24.5 Å². The lowest BCUT2D eigenvalue weighted by Crippen LogP contribution is -2.44. The van der Waals surface area contributed by atoms with Gasteiger partial charge in [-0.05, 0) is 25.5 Å². The zero-order chi connectivity index (χ0) is 19.7. The van der Waals surface area contributed by atoms with Gasteiger partial charge in [0.05, 0.1) is 14.2 Å². The van der Waals surface area contributed by atoms with Crippen LogP contribution in [0.4, 0.5) is 4.79 Å². The molecule has 0 spiro atoms. The number of amides is 3. The molecule has 9 nitrogen and oxygen atoms in total. The molecule has 142 valence electrons. The van der Waals surface area contributed by atoms with Crippen molar-refractivity contribution in [1.82, 2.24) is 10.6 Å². The maximum absolute atomic E-state index is 12.3. The highest BCUT2D eigenvalue weighted by atomic mass is 16.5. The summed E-state index contributed by atoms with van der Waals surface area (Å²) in [7, 11) is 2.67. The number of carbonyl (C=O) groups excluding carboxylic acids is 4. The van der Waals surface area contributed by atoms with Gasteiger partial charge in [-0.3, -0.25) is 14.9 Å². The highest BCUT2D eigenvalue weighted by Crippen LogP contribution is 2.33. The van der Waals surface area contributed by atoms with Crippen molar-refractivity contribution in [3.05, 3.63) is 23.3 Å². The molecular formula is C17H22N2O7. The number of rotatable bonds is 8. The van der Waals surface area contributed by atoms with E-state index in [9.17, 15) is 19.2 Å². The normalized spacial score (nSPS) is 11.1. The third-order valence-corrected chi connectivity index (χ3v) is 3.49. The highest BCUT2D eigenvalue weighted by Gasteiger charge is 2.23. The summed E-state index contributed by atoms with van der Waals surface area (Å²) < 4.78 is 15.1. The SMILES string of the molecule is CC[C@@H](C)NC(=O)NC(=O)COC(=O)c1c(C=O)ccc(OC)c1OC. The van der Waals surface area contributed by atoms with Crippen molar-refractivity contribution in [3.63, 3.8) is 0 Å². The first-order valence-corrected chi connectivity index (χ1v) is 7.85. The number of hydrogen-bond acceptors (Lipinski definition) is 7. The van der Waals surface area contributed by atoms with Crippen LogP contribution in [0.1, 0.15) is 41.0 Å². The Balaban J connectivity index is 2.81. The maximum atomic E-state index is 12.3. The lowest BCUT2D eigenvalue weighted by Gasteiger charge is -2.14. The molecule has 0 radical (unpaired) electrons. The van der Waals surface area contributed by atoms with E-state index in [0.717, 1.165) is 0 Å². The van der Waals surface area contributed by atoms with E-state index >= 15 is 0 Å². The van der Waals surface area contributed by atoms with Gasteiger partial charge in [-0.1, -0.05) is 6.92 Å². The molecule has 2 N–H and O–H groups in total. The number of nitrogens with one attached hydrogen (secondary N) is 2. The van der Waals surface area contributed by atoms with Gasteiger partial charge < -0.3 is 19.5 Å². The summed E-state index contributed by atoms with van der Waals surface area (Å²) in [5.41, 5.74) is -0.152. The first-order valence-electron chi connectivity index (χ1n) is 7.85. The van der Waals surface area contributed by atoms with Crippen LogP contribution in [0.5, 0.6) is 11.5 Å². The Kier molecular flexibility index (Phi) is 8.07. The fourth-order valence-electron chi connectivity index (χ4n) is 1.98. The molecule has 1 aromatic rings. The van der Waals surface area contributed by atoms with Crippen molar-refractivity contribution in [3.8, 4) is 11.5 Å². The number of carbonyl (C=O) groups is 4. The monoisotopic (exact) mass is 366 g/mol. The van der Waals surface area contributed by atoms with Gasteiger partial charge >= 0.3 is 12.0 Å². The van der Waals surface area contributed by atoms with Crippen LogP contribution >= 0.6 is 0 Å². The van der Waals surface area contributed by atoms with Crippen LogP contribution in [-0.2, 0) is 9.53 Å². The molecule has 26 heavy (non-hydrogen) atoms. The molecule has 9 heteroatoms. The van der Waals surface area contributed by atoms with Gasteiger partial charge in [-0.15, -0.1) is 0 Å². The summed E-state index contributed by atoms with van der Waals surface area (Å²) in [6.45, 7) is 2.95. The van der Waals surface area contributed by atoms with Crippen molar-refractivity contribution in [1.29, 1.82) is 0 Å². The average Bonchev–Trinajstić information content (AvgIpc) is 2.64. The van der Waals surface area contributed by atoms with Crippen LogP contribution < -0.4 is 20.1 Å². The summed E-state index contributed by atoms with van der Waals surface area (Å²) in [6, 6.07) is 2.03. The van der Waals surface area contributed by atoms with E-state index in [1.54, 1.807) is 6.92 Å². The van der Waals surface area contributed by atoms with Gasteiger partial charge in [0, 0.05) is 11.6 Å². The zero-order valence-corrected chi connectivity index (χ0v) is 15.1. The first-order chi connectivity index (χ1) is 12.4. The number of aldehydes is 1. The molecule has 0 saturated carbocycles. The molecule has 0 bridgehead atoms. The van der Waals surface area contributed by atoms with Crippen LogP contribution in [0, 0.1) is 0 Å². The van der Waals surface area contributed by atoms with Crippen LogP contribution in [0.3, 0.4) is 0 Å². The number of urea groups is 1. The zero-order valence-electron chi connectivity index (χ0n) is 15.1.